The van der Waals surface area contributed by atoms with E-state index in [1.54, 1.807) is 11.3 Å². The maximum atomic E-state index is 16.0. The van der Waals surface area contributed by atoms with Crippen molar-refractivity contribution in [1.82, 2.24) is 8.75 Å². The number of unbranched alkanes of at least 4 members (excludes halogenated alkanes) is 5. The third-order valence-corrected chi connectivity index (χ3v) is 20.5. The van der Waals surface area contributed by atoms with Crippen LogP contribution < -0.4 is 10.1 Å². The number of aromatic nitrogens is 2. The minimum absolute atomic E-state index is 0.246. The van der Waals surface area contributed by atoms with Gasteiger partial charge in [-0.1, -0.05) is 170 Å². The maximum Gasteiger partial charge on any atom is 0.131 e. The zero-order valence-electron chi connectivity index (χ0n) is 35.2. The molecular formula is C50H60FN3S3Si. The molecule has 7 rings (SSSR count). The molecule has 0 N–H and O–H groups in total. The summed E-state index contributed by atoms with van der Waals surface area (Å²) in [5.41, 5.74) is 8.44. The number of benzene rings is 4. The van der Waals surface area contributed by atoms with Crippen LogP contribution in [-0.4, -0.2) is 29.9 Å². The summed E-state index contributed by atoms with van der Waals surface area (Å²) in [7, 11) is -1.52. The monoisotopic (exact) mass is 845 g/mol. The molecule has 0 amide bonds. The Kier molecular flexibility index (Phi) is 14.7. The summed E-state index contributed by atoms with van der Waals surface area (Å²) < 4.78 is 28.1. The van der Waals surface area contributed by atoms with E-state index in [-0.39, 0.29) is 5.82 Å². The molecule has 304 valence electrons. The Hall–Kier alpha value is -3.69. The van der Waals surface area contributed by atoms with Crippen molar-refractivity contribution in [2.45, 2.75) is 117 Å². The van der Waals surface area contributed by atoms with E-state index in [9.17, 15) is 0 Å². The van der Waals surface area contributed by atoms with E-state index in [4.69, 9.17) is 8.75 Å². The van der Waals surface area contributed by atoms with Gasteiger partial charge in [-0.15, -0.1) is 22.7 Å². The average molecular weight is 846 g/mol. The molecule has 0 unspecified atom stereocenters. The van der Waals surface area contributed by atoms with Crippen LogP contribution in [0.25, 0.3) is 63.6 Å². The molecule has 0 spiro atoms. The molecule has 0 bridgehead atoms. The first-order valence-corrected chi connectivity index (χ1v) is 27.0. The van der Waals surface area contributed by atoms with Crippen LogP contribution in [0.3, 0.4) is 0 Å². The van der Waals surface area contributed by atoms with Gasteiger partial charge in [-0.2, -0.15) is 8.75 Å². The fourth-order valence-corrected chi connectivity index (χ4v) is 17.2. The fraction of sp³-hybridized carbons (Fsp3) is 0.400. The number of hydrogen-bond donors (Lipinski definition) is 0. The number of fused-ring (bicyclic) bond motifs is 2. The molecule has 0 aliphatic carbocycles. The number of nitrogens with zero attached hydrogens (tertiary/aromatic N) is 3. The summed E-state index contributed by atoms with van der Waals surface area (Å²) in [5, 5.41) is 1.67. The molecule has 3 nitrogen and oxygen atoms in total. The zero-order valence-corrected chi connectivity index (χ0v) is 38.7. The Balaban J connectivity index is 1.10. The van der Waals surface area contributed by atoms with Crippen molar-refractivity contribution in [1.29, 1.82) is 0 Å². The molecule has 7 aromatic rings. The molecule has 0 saturated carbocycles. The first-order valence-electron chi connectivity index (χ1n) is 22.0. The Morgan fingerprint density at radius 1 is 0.517 bits per heavy atom. The molecule has 0 saturated heterocycles. The molecular weight excluding hydrogens is 786 g/mol. The summed E-state index contributed by atoms with van der Waals surface area (Å²) in [6, 6.07) is 37.1. The molecule has 3 heterocycles. The van der Waals surface area contributed by atoms with Gasteiger partial charge in [-0.25, -0.2) is 4.39 Å². The second kappa shape index (κ2) is 20.0. The highest BCUT2D eigenvalue weighted by atomic mass is 32.1. The van der Waals surface area contributed by atoms with Gasteiger partial charge in [-0.05, 0) is 59.9 Å². The highest BCUT2D eigenvalue weighted by molar-refractivity contribution is 7.31. The third-order valence-electron chi connectivity index (χ3n) is 12.1. The maximum absolute atomic E-state index is 16.0. The molecule has 3 aromatic heterocycles. The van der Waals surface area contributed by atoms with Crippen molar-refractivity contribution in [3.63, 3.8) is 0 Å². The topological polar surface area (TPSA) is 29.0 Å². The first-order chi connectivity index (χ1) is 28.4. The Morgan fingerprint density at radius 2 is 1.02 bits per heavy atom. The normalized spacial score (nSPS) is 12.0. The molecule has 8 heteroatoms. The van der Waals surface area contributed by atoms with E-state index in [2.05, 4.69) is 106 Å². The van der Waals surface area contributed by atoms with Crippen molar-refractivity contribution in [2.75, 3.05) is 18.0 Å². The predicted octanol–water partition coefficient (Wildman–Crippen LogP) is 16.2. The van der Waals surface area contributed by atoms with E-state index in [1.807, 2.05) is 40.9 Å². The van der Waals surface area contributed by atoms with Crippen molar-refractivity contribution < 1.29 is 4.39 Å². The lowest BCUT2D eigenvalue weighted by atomic mass is 9.97. The van der Waals surface area contributed by atoms with Crippen LogP contribution in [0.15, 0.2) is 91.0 Å². The Morgan fingerprint density at radius 3 is 1.60 bits per heavy atom. The van der Waals surface area contributed by atoms with Crippen LogP contribution in [0.4, 0.5) is 10.1 Å². The van der Waals surface area contributed by atoms with Crippen LogP contribution in [0.5, 0.6) is 0 Å². The third kappa shape index (κ3) is 9.36. The largest absolute Gasteiger partial charge is 0.372 e. The van der Waals surface area contributed by atoms with Gasteiger partial charge in [-0.3, -0.25) is 0 Å². The van der Waals surface area contributed by atoms with E-state index < -0.39 is 8.07 Å². The molecule has 0 atom stereocenters. The van der Waals surface area contributed by atoms with Gasteiger partial charge in [0.15, 0.2) is 0 Å². The predicted molar refractivity (Wildman–Crippen MR) is 259 cm³/mol. The van der Waals surface area contributed by atoms with Crippen LogP contribution >= 0.6 is 34.4 Å². The van der Waals surface area contributed by atoms with Crippen LogP contribution in [-0.2, 0) is 0 Å². The summed E-state index contributed by atoms with van der Waals surface area (Å²) >= 11 is 4.88. The van der Waals surface area contributed by atoms with Gasteiger partial charge in [0, 0.05) is 54.6 Å². The number of halogens is 1. The fourth-order valence-electron chi connectivity index (χ4n) is 8.58. The van der Waals surface area contributed by atoms with Crippen molar-refractivity contribution in [2.24, 2.45) is 0 Å². The molecule has 0 aliphatic rings. The molecule has 0 fully saturated rings. The number of anilines is 1. The molecule has 0 aliphatic heterocycles. The van der Waals surface area contributed by atoms with E-state index >= 15 is 4.39 Å². The van der Waals surface area contributed by atoms with E-state index in [0.717, 1.165) is 46.4 Å². The minimum Gasteiger partial charge on any atom is -0.372 e. The van der Waals surface area contributed by atoms with Gasteiger partial charge in [0.05, 0.1) is 19.8 Å². The van der Waals surface area contributed by atoms with Gasteiger partial charge in [0.25, 0.3) is 0 Å². The first kappa shape index (κ1) is 42.4. The van der Waals surface area contributed by atoms with Crippen molar-refractivity contribution >= 4 is 73.8 Å². The van der Waals surface area contributed by atoms with Crippen LogP contribution in [0, 0.1) is 5.82 Å². The minimum atomic E-state index is -1.52. The lowest BCUT2D eigenvalue weighted by molar-refractivity contribution is 0.632. The van der Waals surface area contributed by atoms with Crippen LogP contribution in [0.2, 0.25) is 18.1 Å². The van der Waals surface area contributed by atoms with Crippen LogP contribution in [0.1, 0.15) is 98.8 Å². The smallest absolute Gasteiger partial charge is 0.131 e. The molecule has 0 radical (unpaired) electrons. The Labute approximate surface area is 359 Å². The number of thiophene rings is 2. The van der Waals surface area contributed by atoms with E-state index in [1.165, 1.54) is 124 Å². The summed E-state index contributed by atoms with van der Waals surface area (Å²) in [6.07, 6.45) is 12.7. The van der Waals surface area contributed by atoms with Gasteiger partial charge < -0.3 is 4.90 Å². The van der Waals surface area contributed by atoms with Gasteiger partial charge in [0.2, 0.25) is 0 Å². The Bertz CT molecular complexity index is 2310. The van der Waals surface area contributed by atoms with E-state index in [0.29, 0.717) is 5.56 Å². The highest BCUT2D eigenvalue weighted by Gasteiger charge is 2.33. The standard InChI is InChI=1S/C50H60FN3S3Si/c1-6-11-28-54(29-12-7-2)39-21-16-36(17-22-39)38-20-25-41(44(51)33-38)42-26-27-43(50-49(42)52-57-53-50)46-35-48-47(56-46)34-45(55-48)37-18-23-40(24-19-37)58(30-13-8-3,31-14-9-4)32-15-10-5/h16-27,33-35H,6-15,28-32H2,1-5H3. The highest BCUT2D eigenvalue weighted by Crippen LogP contribution is 2.45. The second-order valence-corrected chi connectivity index (χ2v) is 23.5. The van der Waals surface area contributed by atoms with Crippen molar-refractivity contribution in [3.8, 4) is 43.1 Å². The second-order valence-electron chi connectivity index (χ2n) is 16.2. The summed E-state index contributed by atoms with van der Waals surface area (Å²) in [6.45, 7) is 13.7. The molecule has 4 aromatic carbocycles. The lowest BCUT2D eigenvalue weighted by Crippen LogP contribution is -2.47. The summed E-state index contributed by atoms with van der Waals surface area (Å²) in [4.78, 5) is 4.98. The number of rotatable bonds is 21. The SMILES string of the molecule is CCCCN(CCCC)c1ccc(-c2ccc(-c3ccc(-c4cc5sc(-c6ccc([Si](CCCC)(CCCC)CCCC)cc6)cc5s4)c4nsnc34)c(F)c2)cc1. The van der Waals surface area contributed by atoms with Gasteiger partial charge >= 0.3 is 0 Å². The summed E-state index contributed by atoms with van der Waals surface area (Å²) in [5.74, 6) is -0.246. The zero-order chi connectivity index (χ0) is 40.5. The average Bonchev–Trinajstić information content (AvgIpc) is 4.01. The quantitative estimate of drug-likeness (QED) is 0.0675. The van der Waals surface area contributed by atoms with Crippen molar-refractivity contribution in [3.05, 3.63) is 96.8 Å². The lowest BCUT2D eigenvalue weighted by Gasteiger charge is -2.33. The molecule has 58 heavy (non-hydrogen) atoms. The number of hydrogen-bond acceptors (Lipinski definition) is 6. The van der Waals surface area contributed by atoms with Gasteiger partial charge in [0.1, 0.15) is 16.9 Å².